The molecule has 1 saturated heterocycles. The first-order valence-corrected chi connectivity index (χ1v) is 3.38. The Balaban J connectivity index is 2.52. The Labute approximate surface area is 64.4 Å². The standard InChI is InChI=1S/C6H12NO4/c7-3-2-11-4(1-8)6(10)5(3)9/h2-6,8-10H,1,7H2/t3-,4-,5-,6-/m1/s1. The molecule has 1 aliphatic heterocycles. The largest absolute Gasteiger partial charge is 0.394 e. The average molecular weight is 162 g/mol. The Morgan fingerprint density at radius 1 is 1.36 bits per heavy atom. The summed E-state index contributed by atoms with van der Waals surface area (Å²) in [5, 5.41) is 26.9. The molecule has 5 nitrogen and oxygen atoms in total. The second-order valence-corrected chi connectivity index (χ2v) is 2.55. The lowest BCUT2D eigenvalue weighted by Crippen LogP contribution is -2.55. The number of hydrogen-bond acceptors (Lipinski definition) is 5. The van der Waals surface area contributed by atoms with Gasteiger partial charge in [-0.2, -0.15) is 0 Å². The van der Waals surface area contributed by atoms with Gasteiger partial charge in [0.2, 0.25) is 0 Å². The Kier molecular flexibility index (Phi) is 2.80. The maximum Gasteiger partial charge on any atom is 0.110 e. The van der Waals surface area contributed by atoms with Crippen molar-refractivity contribution in [2.45, 2.75) is 24.4 Å². The van der Waals surface area contributed by atoms with Crippen LogP contribution < -0.4 is 5.73 Å². The lowest BCUT2D eigenvalue weighted by molar-refractivity contribution is -0.132. The highest BCUT2D eigenvalue weighted by molar-refractivity contribution is 4.93. The summed E-state index contributed by atoms with van der Waals surface area (Å²) < 4.78 is 4.81. The van der Waals surface area contributed by atoms with Crippen molar-refractivity contribution in [1.29, 1.82) is 0 Å². The smallest absolute Gasteiger partial charge is 0.110 e. The van der Waals surface area contributed by atoms with E-state index in [2.05, 4.69) is 0 Å². The molecule has 0 bridgehead atoms. The van der Waals surface area contributed by atoms with E-state index in [0.717, 1.165) is 0 Å². The highest BCUT2D eigenvalue weighted by atomic mass is 16.5. The third-order valence-electron chi connectivity index (χ3n) is 1.72. The molecule has 0 unspecified atom stereocenters. The van der Waals surface area contributed by atoms with Crippen molar-refractivity contribution in [2.75, 3.05) is 6.61 Å². The zero-order valence-corrected chi connectivity index (χ0v) is 5.92. The van der Waals surface area contributed by atoms with Crippen LogP contribution in [0.25, 0.3) is 0 Å². The van der Waals surface area contributed by atoms with E-state index in [1.807, 2.05) is 0 Å². The lowest BCUT2D eigenvalue weighted by Gasteiger charge is -2.34. The van der Waals surface area contributed by atoms with Crippen LogP contribution in [0.2, 0.25) is 0 Å². The van der Waals surface area contributed by atoms with Crippen LogP contribution in [-0.4, -0.2) is 46.3 Å². The average Bonchev–Trinajstić information content (AvgIpc) is 2.01. The Morgan fingerprint density at radius 2 is 2.00 bits per heavy atom. The number of ether oxygens (including phenoxy) is 1. The maximum absolute atomic E-state index is 9.17. The summed E-state index contributed by atoms with van der Waals surface area (Å²) in [4.78, 5) is 0. The molecule has 65 valence electrons. The van der Waals surface area contributed by atoms with E-state index in [0.29, 0.717) is 0 Å². The Morgan fingerprint density at radius 3 is 2.55 bits per heavy atom. The molecule has 1 radical (unpaired) electrons. The topological polar surface area (TPSA) is 95.9 Å². The summed E-state index contributed by atoms with van der Waals surface area (Å²) in [6.45, 7) is 0.889. The fraction of sp³-hybridized carbons (Fsp3) is 0.833. The molecule has 0 aromatic rings. The van der Waals surface area contributed by atoms with Crippen LogP contribution in [0.15, 0.2) is 0 Å². The van der Waals surface area contributed by atoms with Gasteiger partial charge in [-0.15, -0.1) is 0 Å². The summed E-state index contributed by atoms with van der Waals surface area (Å²) in [6, 6.07) is -0.687. The van der Waals surface area contributed by atoms with E-state index in [-0.39, 0.29) is 6.61 Å². The second kappa shape index (κ2) is 3.46. The maximum atomic E-state index is 9.17. The van der Waals surface area contributed by atoms with Gasteiger partial charge in [0, 0.05) is 0 Å². The third-order valence-corrected chi connectivity index (χ3v) is 1.72. The molecule has 0 spiro atoms. The van der Waals surface area contributed by atoms with Crippen LogP contribution in [0.5, 0.6) is 0 Å². The Hall–Kier alpha value is -0.200. The third kappa shape index (κ3) is 1.69. The van der Waals surface area contributed by atoms with E-state index in [1.54, 1.807) is 0 Å². The van der Waals surface area contributed by atoms with Crippen molar-refractivity contribution in [1.82, 2.24) is 0 Å². The number of aliphatic hydroxyl groups is 3. The predicted octanol–water partition coefficient (Wildman–Crippen LogP) is -2.41. The zero-order valence-electron chi connectivity index (χ0n) is 5.92. The molecular weight excluding hydrogens is 150 g/mol. The zero-order chi connectivity index (χ0) is 8.43. The van der Waals surface area contributed by atoms with Gasteiger partial charge in [0.05, 0.1) is 12.6 Å². The summed E-state index contributed by atoms with van der Waals surface area (Å²) >= 11 is 0. The molecule has 1 aliphatic rings. The van der Waals surface area contributed by atoms with Crippen LogP contribution in [0.1, 0.15) is 0 Å². The molecule has 1 heterocycles. The first-order chi connectivity index (χ1) is 5.16. The number of aliphatic hydroxyl groups excluding tert-OH is 3. The van der Waals surface area contributed by atoms with Crippen molar-refractivity contribution in [3.63, 3.8) is 0 Å². The molecule has 4 atom stereocenters. The van der Waals surface area contributed by atoms with Crippen LogP contribution in [0.3, 0.4) is 0 Å². The van der Waals surface area contributed by atoms with Gasteiger partial charge < -0.3 is 25.8 Å². The van der Waals surface area contributed by atoms with E-state index in [4.69, 9.17) is 20.7 Å². The SMILES string of the molecule is N[C@@H]1[CH]O[C@H](CO)[C@@H](O)[C@@H]1O. The summed E-state index contributed by atoms with van der Waals surface area (Å²) in [5.41, 5.74) is 5.31. The predicted molar refractivity (Wildman–Crippen MR) is 36.2 cm³/mol. The first kappa shape index (κ1) is 8.89. The van der Waals surface area contributed by atoms with E-state index in [1.165, 1.54) is 6.61 Å². The van der Waals surface area contributed by atoms with E-state index in [9.17, 15) is 5.11 Å². The van der Waals surface area contributed by atoms with Crippen molar-refractivity contribution < 1.29 is 20.1 Å². The van der Waals surface area contributed by atoms with Gasteiger partial charge in [-0.25, -0.2) is 0 Å². The quantitative estimate of drug-likeness (QED) is 0.344. The molecule has 0 aromatic carbocycles. The van der Waals surface area contributed by atoms with E-state index >= 15 is 0 Å². The second-order valence-electron chi connectivity index (χ2n) is 2.55. The van der Waals surface area contributed by atoms with Gasteiger partial charge in [-0.3, -0.25) is 0 Å². The van der Waals surface area contributed by atoms with Crippen molar-refractivity contribution in [3.8, 4) is 0 Å². The van der Waals surface area contributed by atoms with Crippen LogP contribution in [-0.2, 0) is 4.74 Å². The highest BCUT2D eigenvalue weighted by Gasteiger charge is 2.36. The number of hydrogen-bond donors (Lipinski definition) is 4. The minimum atomic E-state index is -1.11. The fourth-order valence-corrected chi connectivity index (χ4v) is 0.951. The van der Waals surface area contributed by atoms with Crippen molar-refractivity contribution >= 4 is 0 Å². The highest BCUT2D eigenvalue weighted by Crippen LogP contribution is 2.16. The molecule has 5 N–H and O–H groups in total. The van der Waals surface area contributed by atoms with Crippen molar-refractivity contribution in [3.05, 3.63) is 6.61 Å². The van der Waals surface area contributed by atoms with Gasteiger partial charge in [-0.05, 0) is 0 Å². The number of rotatable bonds is 1. The van der Waals surface area contributed by atoms with Crippen LogP contribution in [0, 0.1) is 6.61 Å². The fourth-order valence-electron chi connectivity index (χ4n) is 0.951. The molecule has 1 fully saturated rings. The molecule has 0 saturated carbocycles. The Bertz CT molecular complexity index is 130. The molecule has 5 heteroatoms. The summed E-state index contributed by atoms with van der Waals surface area (Å²) in [5.74, 6) is 0. The molecule has 11 heavy (non-hydrogen) atoms. The molecule has 1 rings (SSSR count). The molecule has 0 aromatic heterocycles. The monoisotopic (exact) mass is 162 g/mol. The summed E-state index contributed by atoms with van der Waals surface area (Å²) in [7, 11) is 0. The minimum absolute atomic E-state index is 0.332. The van der Waals surface area contributed by atoms with Crippen LogP contribution >= 0.6 is 0 Å². The normalized spacial score (nSPS) is 45.8. The van der Waals surface area contributed by atoms with Crippen LogP contribution in [0.4, 0.5) is 0 Å². The summed E-state index contributed by atoms with van der Waals surface area (Å²) in [6.07, 6.45) is -2.93. The van der Waals surface area contributed by atoms with Gasteiger partial charge in [0.15, 0.2) is 0 Å². The molecule has 0 amide bonds. The van der Waals surface area contributed by atoms with Crippen molar-refractivity contribution in [2.24, 2.45) is 5.73 Å². The van der Waals surface area contributed by atoms with Gasteiger partial charge in [-0.1, -0.05) is 0 Å². The van der Waals surface area contributed by atoms with Gasteiger partial charge in [0.1, 0.15) is 24.9 Å². The minimum Gasteiger partial charge on any atom is -0.394 e. The lowest BCUT2D eigenvalue weighted by atomic mass is 9.99. The van der Waals surface area contributed by atoms with Gasteiger partial charge in [0.25, 0.3) is 0 Å². The number of nitrogens with two attached hydrogens (primary N) is 1. The first-order valence-electron chi connectivity index (χ1n) is 3.38. The molecular formula is C6H12NO4. The molecule has 0 aliphatic carbocycles. The van der Waals surface area contributed by atoms with E-state index < -0.39 is 24.4 Å². The van der Waals surface area contributed by atoms with Gasteiger partial charge >= 0.3 is 0 Å².